The predicted molar refractivity (Wildman–Crippen MR) is 101 cm³/mol. The van der Waals surface area contributed by atoms with Crippen LogP contribution in [0.4, 0.5) is 4.39 Å². The molecule has 0 spiro atoms. The van der Waals surface area contributed by atoms with Crippen LogP contribution in [0.2, 0.25) is 0 Å². The third-order valence-electron chi connectivity index (χ3n) is 4.34. The molecule has 1 aromatic heterocycles. The molecule has 0 aliphatic rings. The number of benzene rings is 3. The van der Waals surface area contributed by atoms with Crippen molar-refractivity contribution in [2.45, 2.75) is 6.92 Å². The molecule has 0 fully saturated rings. The first-order chi connectivity index (χ1) is 12.7. The Bertz CT molecular complexity index is 1120. The molecule has 0 unspecified atom stereocenters. The van der Waals surface area contributed by atoms with Crippen molar-refractivity contribution >= 4 is 27.6 Å². The number of hydrogen-bond acceptors (Lipinski definition) is 3. The number of esters is 1. The van der Waals surface area contributed by atoms with Gasteiger partial charge in [0.2, 0.25) is 0 Å². The summed E-state index contributed by atoms with van der Waals surface area (Å²) in [5.74, 6) is -0.704. The number of aromatic nitrogens is 1. The highest BCUT2D eigenvalue weighted by atomic mass is 19.1. The van der Waals surface area contributed by atoms with Gasteiger partial charge in [-0.05, 0) is 42.6 Å². The molecular formula is C22H16FNO2. The molecule has 3 aromatic carbocycles. The Hall–Kier alpha value is -3.27. The van der Waals surface area contributed by atoms with E-state index in [1.165, 1.54) is 12.1 Å². The molecule has 0 radical (unpaired) electrons. The van der Waals surface area contributed by atoms with E-state index in [2.05, 4.69) is 0 Å². The molecule has 0 N–H and O–H groups in total. The van der Waals surface area contributed by atoms with Crippen LogP contribution in [0.3, 0.4) is 0 Å². The third kappa shape index (κ3) is 2.80. The summed E-state index contributed by atoms with van der Waals surface area (Å²) < 4.78 is 18.5. The van der Waals surface area contributed by atoms with Crippen LogP contribution in [-0.4, -0.2) is 17.6 Å². The largest absolute Gasteiger partial charge is 0.462 e. The molecule has 0 atom stereocenters. The van der Waals surface area contributed by atoms with Crippen LogP contribution in [-0.2, 0) is 4.74 Å². The Labute approximate surface area is 150 Å². The molecule has 0 aliphatic carbocycles. The second kappa shape index (κ2) is 6.56. The summed E-state index contributed by atoms with van der Waals surface area (Å²) >= 11 is 0. The van der Waals surface area contributed by atoms with Gasteiger partial charge < -0.3 is 4.74 Å². The lowest BCUT2D eigenvalue weighted by Crippen LogP contribution is -2.06. The Morgan fingerprint density at radius 2 is 1.77 bits per heavy atom. The molecule has 0 amide bonds. The molecule has 0 bridgehead atoms. The molecular weight excluding hydrogens is 329 g/mol. The first-order valence-electron chi connectivity index (χ1n) is 8.43. The van der Waals surface area contributed by atoms with Gasteiger partial charge in [0.05, 0.1) is 23.4 Å². The van der Waals surface area contributed by atoms with Gasteiger partial charge in [-0.25, -0.2) is 14.2 Å². The number of rotatable bonds is 3. The molecule has 0 aliphatic heterocycles. The zero-order valence-corrected chi connectivity index (χ0v) is 14.2. The summed E-state index contributed by atoms with van der Waals surface area (Å²) in [5.41, 5.74) is 2.54. The predicted octanol–water partition coefficient (Wildman–Crippen LogP) is 5.37. The van der Waals surface area contributed by atoms with Crippen LogP contribution in [0.1, 0.15) is 17.3 Å². The van der Waals surface area contributed by atoms with Crippen LogP contribution < -0.4 is 0 Å². The molecule has 4 aromatic rings. The molecule has 0 saturated heterocycles. The van der Waals surface area contributed by atoms with Crippen molar-refractivity contribution in [3.8, 4) is 11.3 Å². The summed E-state index contributed by atoms with van der Waals surface area (Å²) in [5, 5.41) is 2.74. The minimum atomic E-state index is -0.390. The molecule has 26 heavy (non-hydrogen) atoms. The van der Waals surface area contributed by atoms with Gasteiger partial charge in [0.15, 0.2) is 0 Å². The second-order valence-electron chi connectivity index (χ2n) is 5.97. The highest BCUT2D eigenvalue weighted by molar-refractivity contribution is 6.13. The Balaban J connectivity index is 2.05. The molecule has 1 heterocycles. The van der Waals surface area contributed by atoms with Crippen molar-refractivity contribution < 1.29 is 13.9 Å². The lowest BCUT2D eigenvalue weighted by molar-refractivity contribution is 0.0528. The van der Waals surface area contributed by atoms with E-state index in [1.807, 2.05) is 36.4 Å². The van der Waals surface area contributed by atoms with Gasteiger partial charge in [-0.2, -0.15) is 0 Å². The maximum Gasteiger partial charge on any atom is 0.338 e. The summed E-state index contributed by atoms with van der Waals surface area (Å²) in [4.78, 5) is 17.3. The van der Waals surface area contributed by atoms with E-state index in [9.17, 15) is 9.18 Å². The molecule has 4 rings (SSSR count). The summed E-state index contributed by atoms with van der Waals surface area (Å²) in [7, 11) is 0. The minimum Gasteiger partial charge on any atom is -0.462 e. The van der Waals surface area contributed by atoms with E-state index in [0.29, 0.717) is 17.9 Å². The number of carbonyl (C=O) groups excluding carboxylic acids is 1. The highest BCUT2D eigenvalue weighted by Crippen LogP contribution is 2.30. The van der Waals surface area contributed by atoms with Gasteiger partial charge in [-0.3, -0.25) is 0 Å². The average Bonchev–Trinajstić information content (AvgIpc) is 2.67. The Kier molecular flexibility index (Phi) is 4.09. The van der Waals surface area contributed by atoms with Crippen LogP contribution in [0, 0.1) is 5.82 Å². The molecule has 0 saturated carbocycles. The van der Waals surface area contributed by atoms with Gasteiger partial charge in [0.1, 0.15) is 5.82 Å². The monoisotopic (exact) mass is 345 g/mol. The van der Waals surface area contributed by atoms with Crippen molar-refractivity contribution in [1.29, 1.82) is 0 Å². The zero-order valence-electron chi connectivity index (χ0n) is 14.2. The Morgan fingerprint density at radius 1 is 1.00 bits per heavy atom. The summed E-state index contributed by atoms with van der Waals surface area (Å²) in [6.07, 6.45) is 0. The van der Waals surface area contributed by atoms with E-state index in [0.717, 1.165) is 27.2 Å². The van der Waals surface area contributed by atoms with Crippen molar-refractivity contribution in [1.82, 2.24) is 4.98 Å². The second-order valence-corrected chi connectivity index (χ2v) is 5.97. The van der Waals surface area contributed by atoms with Crippen LogP contribution in [0.15, 0.2) is 66.7 Å². The van der Waals surface area contributed by atoms with Gasteiger partial charge in [-0.1, -0.05) is 36.4 Å². The molecule has 128 valence electrons. The fourth-order valence-corrected chi connectivity index (χ4v) is 3.11. The number of hydrogen-bond donors (Lipinski definition) is 0. The van der Waals surface area contributed by atoms with E-state index in [1.54, 1.807) is 25.1 Å². The standard InChI is InChI=1S/C22H16FNO2/c1-2-26-22(25)19-13-20(15-7-10-16(23)11-8-15)24-21-17-6-4-3-5-14(17)9-12-18(19)21/h3-13H,2H2,1H3. The summed E-state index contributed by atoms with van der Waals surface area (Å²) in [6.45, 7) is 2.07. The van der Waals surface area contributed by atoms with Gasteiger partial charge in [0, 0.05) is 16.3 Å². The third-order valence-corrected chi connectivity index (χ3v) is 4.34. The Morgan fingerprint density at radius 3 is 2.54 bits per heavy atom. The van der Waals surface area contributed by atoms with Crippen LogP contribution in [0.5, 0.6) is 0 Å². The lowest BCUT2D eigenvalue weighted by Gasteiger charge is -2.11. The number of nitrogens with zero attached hydrogens (tertiary/aromatic N) is 1. The maximum absolute atomic E-state index is 13.3. The quantitative estimate of drug-likeness (QED) is 0.370. The number of carbonyl (C=O) groups is 1. The smallest absolute Gasteiger partial charge is 0.338 e. The minimum absolute atomic E-state index is 0.294. The van der Waals surface area contributed by atoms with Crippen molar-refractivity contribution in [2.24, 2.45) is 0 Å². The topological polar surface area (TPSA) is 39.2 Å². The fourth-order valence-electron chi connectivity index (χ4n) is 3.11. The SMILES string of the molecule is CCOC(=O)c1cc(-c2ccc(F)cc2)nc2c1ccc1ccccc12. The summed E-state index contributed by atoms with van der Waals surface area (Å²) in [6, 6.07) is 19.5. The number of ether oxygens (including phenoxy) is 1. The molecule has 3 nitrogen and oxygen atoms in total. The van der Waals surface area contributed by atoms with Gasteiger partial charge in [-0.15, -0.1) is 0 Å². The first kappa shape index (κ1) is 16.2. The number of halogens is 1. The van der Waals surface area contributed by atoms with E-state index >= 15 is 0 Å². The van der Waals surface area contributed by atoms with E-state index in [4.69, 9.17) is 9.72 Å². The van der Waals surface area contributed by atoms with E-state index in [-0.39, 0.29) is 5.82 Å². The lowest BCUT2D eigenvalue weighted by atomic mass is 10.00. The number of pyridine rings is 1. The van der Waals surface area contributed by atoms with Crippen molar-refractivity contribution in [3.05, 3.63) is 78.1 Å². The van der Waals surface area contributed by atoms with Crippen molar-refractivity contribution in [3.63, 3.8) is 0 Å². The fraction of sp³-hybridized carbons (Fsp3) is 0.0909. The first-order valence-corrected chi connectivity index (χ1v) is 8.43. The van der Waals surface area contributed by atoms with Gasteiger partial charge in [0.25, 0.3) is 0 Å². The highest BCUT2D eigenvalue weighted by Gasteiger charge is 2.16. The van der Waals surface area contributed by atoms with Crippen LogP contribution in [0.25, 0.3) is 32.9 Å². The maximum atomic E-state index is 13.3. The zero-order chi connectivity index (χ0) is 18.1. The van der Waals surface area contributed by atoms with Crippen LogP contribution >= 0.6 is 0 Å². The van der Waals surface area contributed by atoms with E-state index < -0.39 is 5.97 Å². The number of fused-ring (bicyclic) bond motifs is 3. The van der Waals surface area contributed by atoms with Crippen molar-refractivity contribution in [2.75, 3.05) is 6.61 Å². The normalized spacial score (nSPS) is 11.0. The average molecular weight is 345 g/mol. The van der Waals surface area contributed by atoms with Gasteiger partial charge >= 0.3 is 5.97 Å². The molecule has 4 heteroatoms.